The zero-order valence-corrected chi connectivity index (χ0v) is 16.9. The smallest absolute Gasteiger partial charge is 0.410 e. The molecule has 8 nitrogen and oxygen atoms in total. The van der Waals surface area contributed by atoms with Gasteiger partial charge in [0.1, 0.15) is 11.4 Å². The summed E-state index contributed by atoms with van der Waals surface area (Å²) in [5, 5.41) is 21.4. The second kappa shape index (κ2) is 7.66. The summed E-state index contributed by atoms with van der Waals surface area (Å²) in [6.07, 6.45) is -1.96. The molecule has 1 amide bonds. The molecule has 0 aromatic heterocycles. The molecule has 1 N–H and O–H groups in total. The molecule has 2 rings (SSSR count). The van der Waals surface area contributed by atoms with Crippen LogP contribution in [0.1, 0.15) is 45.0 Å². The number of nitrogens with zero attached hydrogens (tertiary/aromatic N) is 2. The summed E-state index contributed by atoms with van der Waals surface area (Å²) >= 11 is 0. The molecular weight excluding hydrogens is 390 g/mol. The van der Waals surface area contributed by atoms with Gasteiger partial charge in [-0.3, -0.25) is 14.9 Å². The van der Waals surface area contributed by atoms with E-state index in [2.05, 4.69) is 0 Å². The number of ether oxygens (including phenoxy) is 1. The predicted molar refractivity (Wildman–Crippen MR) is 98.4 cm³/mol. The number of piperidine rings is 1. The van der Waals surface area contributed by atoms with Crippen LogP contribution in [0, 0.1) is 33.1 Å². The molecule has 0 bridgehead atoms. The average molecular weight is 414 g/mol. The van der Waals surface area contributed by atoms with E-state index in [-0.39, 0.29) is 13.1 Å². The summed E-state index contributed by atoms with van der Waals surface area (Å²) in [4.78, 5) is 36.2. The molecule has 0 radical (unpaired) electrons. The van der Waals surface area contributed by atoms with Gasteiger partial charge < -0.3 is 14.7 Å². The molecule has 1 aliphatic rings. The van der Waals surface area contributed by atoms with E-state index in [0.29, 0.717) is 12.1 Å². The lowest BCUT2D eigenvalue weighted by atomic mass is 9.73. The van der Waals surface area contributed by atoms with Crippen LogP contribution >= 0.6 is 0 Å². The summed E-state index contributed by atoms with van der Waals surface area (Å²) in [5.74, 6) is -4.86. The van der Waals surface area contributed by atoms with Crippen molar-refractivity contribution in [3.05, 3.63) is 39.4 Å². The molecule has 1 saturated heterocycles. The molecule has 29 heavy (non-hydrogen) atoms. The van der Waals surface area contributed by atoms with Crippen LogP contribution in [0.3, 0.4) is 0 Å². The van der Waals surface area contributed by atoms with Gasteiger partial charge in [-0.25, -0.2) is 9.18 Å². The molecule has 2 atom stereocenters. The SMILES string of the molecule is CC(C)(C)OC(=O)N1CC(C(=O)c2cc(F)c([N+](=O)[O-])cc2F)C(O)C(C)(C)C1. The van der Waals surface area contributed by atoms with Crippen LogP contribution in [0.4, 0.5) is 19.3 Å². The Morgan fingerprint density at radius 3 is 2.38 bits per heavy atom. The number of carbonyl (C=O) groups is 2. The molecule has 0 saturated carbocycles. The van der Waals surface area contributed by atoms with Gasteiger partial charge in [-0.2, -0.15) is 4.39 Å². The third kappa shape index (κ3) is 4.87. The van der Waals surface area contributed by atoms with Crippen LogP contribution in [-0.4, -0.2) is 51.6 Å². The van der Waals surface area contributed by atoms with Gasteiger partial charge in [0.15, 0.2) is 5.78 Å². The third-order valence-corrected chi connectivity index (χ3v) is 4.68. The largest absolute Gasteiger partial charge is 0.444 e. The fourth-order valence-corrected chi connectivity index (χ4v) is 3.29. The number of hydrogen-bond acceptors (Lipinski definition) is 6. The molecular formula is C19H24F2N2O6. The normalized spacial score (nSPS) is 21.6. The Hall–Kier alpha value is -2.62. The Labute approximate surface area is 166 Å². The highest BCUT2D eigenvalue weighted by Crippen LogP contribution is 2.36. The lowest BCUT2D eigenvalue weighted by Gasteiger charge is -2.45. The number of amides is 1. The standard InChI is InChI=1S/C19H24F2N2O6/c1-18(2,3)29-17(26)22-8-11(16(25)19(4,5)9-22)15(24)10-6-13(21)14(23(27)28)7-12(10)20/h6-7,11,16,25H,8-9H2,1-5H3. The Morgan fingerprint density at radius 1 is 1.28 bits per heavy atom. The Kier molecular flexibility index (Phi) is 5.99. The van der Waals surface area contributed by atoms with Crippen LogP contribution in [0.5, 0.6) is 0 Å². The van der Waals surface area contributed by atoms with Crippen molar-refractivity contribution >= 4 is 17.6 Å². The van der Waals surface area contributed by atoms with Crippen molar-refractivity contribution in [1.82, 2.24) is 4.90 Å². The van der Waals surface area contributed by atoms with Gasteiger partial charge in [-0.05, 0) is 26.8 Å². The first-order chi connectivity index (χ1) is 13.1. The number of benzene rings is 1. The van der Waals surface area contributed by atoms with Crippen LogP contribution in [0.15, 0.2) is 12.1 Å². The van der Waals surface area contributed by atoms with E-state index >= 15 is 0 Å². The second-order valence-electron chi connectivity index (χ2n) is 8.81. The van der Waals surface area contributed by atoms with E-state index < -0.39 is 62.7 Å². The summed E-state index contributed by atoms with van der Waals surface area (Å²) < 4.78 is 33.6. The zero-order chi connectivity index (χ0) is 22.3. The lowest BCUT2D eigenvalue weighted by Crippen LogP contribution is -2.58. The number of carbonyl (C=O) groups excluding carboxylic acids is 2. The van der Waals surface area contributed by atoms with Crippen molar-refractivity contribution in [2.45, 2.75) is 46.3 Å². The van der Waals surface area contributed by atoms with Gasteiger partial charge in [-0.1, -0.05) is 13.8 Å². The average Bonchev–Trinajstić information content (AvgIpc) is 2.56. The first-order valence-corrected chi connectivity index (χ1v) is 8.97. The highest BCUT2D eigenvalue weighted by atomic mass is 19.1. The zero-order valence-electron chi connectivity index (χ0n) is 16.9. The molecule has 0 spiro atoms. The molecule has 160 valence electrons. The van der Waals surface area contributed by atoms with E-state index in [4.69, 9.17) is 4.74 Å². The van der Waals surface area contributed by atoms with Gasteiger partial charge in [0.05, 0.1) is 28.6 Å². The van der Waals surface area contributed by atoms with Crippen LogP contribution < -0.4 is 0 Å². The topological polar surface area (TPSA) is 110 Å². The monoisotopic (exact) mass is 414 g/mol. The van der Waals surface area contributed by atoms with Gasteiger partial charge in [0.25, 0.3) is 0 Å². The number of likely N-dealkylation sites (tertiary alicyclic amines) is 1. The first kappa shape index (κ1) is 22.7. The molecule has 1 aromatic rings. The van der Waals surface area contributed by atoms with Gasteiger partial charge in [-0.15, -0.1) is 0 Å². The Bertz CT molecular complexity index is 850. The highest BCUT2D eigenvalue weighted by molar-refractivity contribution is 5.99. The van der Waals surface area contributed by atoms with Crippen LogP contribution in [-0.2, 0) is 4.74 Å². The van der Waals surface area contributed by atoms with E-state index in [0.717, 1.165) is 0 Å². The fraction of sp³-hybridized carbons (Fsp3) is 0.579. The summed E-state index contributed by atoms with van der Waals surface area (Å²) in [7, 11) is 0. The van der Waals surface area contributed by atoms with E-state index in [1.165, 1.54) is 4.90 Å². The molecule has 1 fully saturated rings. The van der Waals surface area contributed by atoms with E-state index in [9.17, 15) is 33.6 Å². The quantitative estimate of drug-likeness (QED) is 0.462. The number of aliphatic hydroxyl groups excluding tert-OH is 1. The number of Topliss-reactive ketones (excluding diaryl/α,β-unsaturated/α-hetero) is 1. The number of aliphatic hydroxyl groups is 1. The lowest BCUT2D eigenvalue weighted by molar-refractivity contribution is -0.387. The minimum atomic E-state index is -1.37. The van der Waals surface area contributed by atoms with Crippen LogP contribution in [0.25, 0.3) is 0 Å². The van der Waals surface area contributed by atoms with Crippen molar-refractivity contribution in [2.24, 2.45) is 11.3 Å². The minimum Gasteiger partial charge on any atom is -0.444 e. The summed E-state index contributed by atoms with van der Waals surface area (Å²) in [5.41, 5.74) is -3.55. The molecule has 1 heterocycles. The van der Waals surface area contributed by atoms with Crippen molar-refractivity contribution in [3.8, 4) is 0 Å². The van der Waals surface area contributed by atoms with Gasteiger partial charge in [0.2, 0.25) is 5.82 Å². The minimum absolute atomic E-state index is 0.0873. The maximum Gasteiger partial charge on any atom is 0.410 e. The predicted octanol–water partition coefficient (Wildman–Crippen LogP) is 3.31. The summed E-state index contributed by atoms with van der Waals surface area (Å²) in [6, 6.07) is 0.774. The maximum absolute atomic E-state index is 14.3. The Balaban J connectivity index is 2.38. The Morgan fingerprint density at radius 2 is 1.86 bits per heavy atom. The number of nitro benzene ring substituents is 1. The molecule has 2 unspecified atom stereocenters. The maximum atomic E-state index is 14.3. The van der Waals surface area contributed by atoms with Crippen LogP contribution in [0.2, 0.25) is 0 Å². The molecule has 0 aliphatic carbocycles. The summed E-state index contributed by atoms with van der Waals surface area (Å²) in [6.45, 7) is 8.09. The van der Waals surface area contributed by atoms with Crippen molar-refractivity contribution in [2.75, 3.05) is 13.1 Å². The molecule has 1 aliphatic heterocycles. The number of halogens is 2. The van der Waals surface area contributed by atoms with Gasteiger partial charge >= 0.3 is 11.8 Å². The second-order valence-corrected chi connectivity index (χ2v) is 8.81. The number of hydrogen-bond donors (Lipinski definition) is 1. The first-order valence-electron chi connectivity index (χ1n) is 8.97. The number of nitro groups is 1. The van der Waals surface area contributed by atoms with E-state index in [1.807, 2.05) is 0 Å². The van der Waals surface area contributed by atoms with Crippen molar-refractivity contribution < 1.29 is 33.1 Å². The fourth-order valence-electron chi connectivity index (χ4n) is 3.29. The third-order valence-electron chi connectivity index (χ3n) is 4.68. The molecule has 10 heteroatoms. The van der Waals surface area contributed by atoms with Crippen molar-refractivity contribution in [1.29, 1.82) is 0 Å². The van der Waals surface area contributed by atoms with Gasteiger partial charge in [0, 0.05) is 18.5 Å². The number of rotatable bonds is 3. The highest BCUT2D eigenvalue weighted by Gasteiger charge is 2.47. The van der Waals surface area contributed by atoms with E-state index in [1.54, 1.807) is 34.6 Å². The molecule has 1 aromatic carbocycles. The number of ketones is 1. The van der Waals surface area contributed by atoms with Crippen molar-refractivity contribution in [3.63, 3.8) is 0 Å².